The number of carbonyl (C=O) groups is 1. The molecule has 2 aromatic heterocycles. The van der Waals surface area contributed by atoms with Gasteiger partial charge in [0.05, 0.1) is 28.0 Å². The first-order valence-electron chi connectivity index (χ1n) is 16.8. The van der Waals surface area contributed by atoms with Crippen LogP contribution in [-0.2, 0) is 14.3 Å². The number of carboxylic acids is 1. The predicted molar refractivity (Wildman–Crippen MR) is 187 cm³/mol. The van der Waals surface area contributed by atoms with Crippen LogP contribution in [0.25, 0.3) is 28.0 Å². The van der Waals surface area contributed by atoms with Gasteiger partial charge in [0.15, 0.2) is 11.8 Å². The third kappa shape index (κ3) is 7.05. The molecule has 3 aliphatic heterocycles. The molecule has 5 heterocycles. The fraction of sp³-hybridized carbons (Fsp3) is 0.474. The maximum absolute atomic E-state index is 14.6. The fourth-order valence-corrected chi connectivity index (χ4v) is 7.02. The van der Waals surface area contributed by atoms with E-state index in [0.717, 1.165) is 43.2 Å². The summed E-state index contributed by atoms with van der Waals surface area (Å²) < 4.78 is 35.6. The van der Waals surface area contributed by atoms with E-state index in [0.29, 0.717) is 64.3 Å². The van der Waals surface area contributed by atoms with Crippen molar-refractivity contribution < 1.29 is 28.5 Å². The molecule has 0 unspecified atom stereocenters. The molecule has 0 amide bonds. The van der Waals surface area contributed by atoms with Gasteiger partial charge in [-0.25, -0.2) is 14.2 Å². The topological polar surface area (TPSA) is 85.5 Å². The van der Waals surface area contributed by atoms with E-state index in [4.69, 9.17) is 30.8 Å². The average Bonchev–Trinajstić information content (AvgIpc) is 3.48. The number of hydrogen-bond donors (Lipinski definition) is 1. The summed E-state index contributed by atoms with van der Waals surface area (Å²) in [5, 5.41) is 10.9. The van der Waals surface area contributed by atoms with E-state index in [2.05, 4.69) is 11.8 Å². The minimum Gasteiger partial charge on any atom is -0.490 e. The standard InChI is InChI=1S/C38H45ClFN3O5/c1-23-10-7-8-19-46-38(6)15-17-42(18-16-38)35-31(33(36(44)45)48-37(3,4)5)24(2)32(39)34-41-29(22-43(34)35)26-12-9-11-25(20-26)28-21-27(40)13-14-30(28)47-23/h9,11-14,20-23,33H,7-8,10,15-19H2,1-6H3,(H,44,45)/t23-,33+/m1/s1. The predicted octanol–water partition coefficient (Wildman–Crippen LogP) is 9.04. The first-order chi connectivity index (χ1) is 22.7. The zero-order chi connectivity index (χ0) is 34.4. The molecule has 0 aliphatic carbocycles. The SMILES string of the molecule is Cc1c([C@H](OC(C)(C)C)C(=O)O)c2n3cc(nc3c1Cl)-c1cccc(c1)-c1cc(F)ccc1O[C@H](C)CCCCOC1(C)CCN2CC1. The van der Waals surface area contributed by atoms with Crippen molar-refractivity contribution in [3.8, 4) is 28.1 Å². The molecule has 48 heavy (non-hydrogen) atoms. The van der Waals surface area contributed by atoms with Crippen LogP contribution in [0.3, 0.4) is 0 Å². The molecule has 256 valence electrons. The maximum atomic E-state index is 14.6. The lowest BCUT2D eigenvalue weighted by Crippen LogP contribution is -2.45. The molecule has 1 fully saturated rings. The van der Waals surface area contributed by atoms with Crippen molar-refractivity contribution in [2.75, 3.05) is 24.6 Å². The highest BCUT2D eigenvalue weighted by atomic mass is 35.5. The van der Waals surface area contributed by atoms with Gasteiger partial charge in [-0.15, -0.1) is 0 Å². The lowest BCUT2D eigenvalue weighted by molar-refractivity contribution is -0.160. The van der Waals surface area contributed by atoms with E-state index < -0.39 is 17.7 Å². The van der Waals surface area contributed by atoms with Crippen LogP contribution < -0.4 is 9.64 Å². The summed E-state index contributed by atoms with van der Waals surface area (Å²) in [4.78, 5) is 20.1. The third-order valence-electron chi connectivity index (χ3n) is 9.38. The molecular formula is C38H45ClFN3O5. The summed E-state index contributed by atoms with van der Waals surface area (Å²) in [5.74, 6) is -0.128. The third-order valence-corrected chi connectivity index (χ3v) is 9.83. The second-order valence-electron chi connectivity index (χ2n) is 14.4. The number of pyridine rings is 1. The van der Waals surface area contributed by atoms with E-state index >= 15 is 0 Å². The number of aromatic nitrogens is 2. The molecule has 2 atom stereocenters. The Hall–Kier alpha value is -3.66. The Bertz CT molecular complexity index is 1830. The Kier molecular flexibility index (Phi) is 9.50. The number of rotatable bonds is 3. The smallest absolute Gasteiger partial charge is 0.337 e. The van der Waals surface area contributed by atoms with Gasteiger partial charge in [0, 0.05) is 42.6 Å². The summed E-state index contributed by atoms with van der Waals surface area (Å²) in [5.41, 5.74) is 3.49. The monoisotopic (exact) mass is 677 g/mol. The highest BCUT2D eigenvalue weighted by Gasteiger charge is 2.38. The molecule has 0 spiro atoms. The quantitative estimate of drug-likeness (QED) is 0.232. The van der Waals surface area contributed by atoms with Crippen LogP contribution in [0.15, 0.2) is 48.7 Å². The number of carboxylic acid groups (broad SMARTS) is 1. The van der Waals surface area contributed by atoms with Gasteiger partial charge in [0.1, 0.15) is 17.4 Å². The van der Waals surface area contributed by atoms with E-state index in [1.165, 1.54) is 12.1 Å². The molecule has 0 radical (unpaired) electrons. The zero-order valence-electron chi connectivity index (χ0n) is 28.6. The van der Waals surface area contributed by atoms with Crippen molar-refractivity contribution in [2.24, 2.45) is 0 Å². The molecule has 2 aromatic carbocycles. The Morgan fingerprint density at radius 3 is 2.58 bits per heavy atom. The van der Waals surface area contributed by atoms with Crippen molar-refractivity contribution in [3.63, 3.8) is 0 Å². The van der Waals surface area contributed by atoms with E-state index in [9.17, 15) is 14.3 Å². The summed E-state index contributed by atoms with van der Waals surface area (Å²) in [7, 11) is 0. The molecule has 3 aliphatic rings. The highest BCUT2D eigenvalue weighted by molar-refractivity contribution is 6.34. The number of benzene rings is 2. The van der Waals surface area contributed by atoms with E-state index in [-0.39, 0.29) is 17.5 Å². The lowest BCUT2D eigenvalue weighted by Gasteiger charge is -2.42. The van der Waals surface area contributed by atoms with Crippen LogP contribution in [0.5, 0.6) is 5.75 Å². The largest absolute Gasteiger partial charge is 0.490 e. The molecule has 1 saturated heterocycles. The highest BCUT2D eigenvalue weighted by Crippen LogP contribution is 2.43. The van der Waals surface area contributed by atoms with E-state index in [1.54, 1.807) is 6.07 Å². The van der Waals surface area contributed by atoms with Gasteiger partial charge in [-0.2, -0.15) is 0 Å². The summed E-state index contributed by atoms with van der Waals surface area (Å²) in [6.07, 6.45) is 4.79. The van der Waals surface area contributed by atoms with Gasteiger partial charge in [0.25, 0.3) is 0 Å². The van der Waals surface area contributed by atoms with Gasteiger partial charge in [-0.05, 0) is 109 Å². The second-order valence-corrected chi connectivity index (χ2v) is 14.8. The molecule has 8 nitrogen and oxygen atoms in total. The summed E-state index contributed by atoms with van der Waals surface area (Å²) in [6.45, 7) is 13.5. The van der Waals surface area contributed by atoms with Crippen LogP contribution >= 0.6 is 11.6 Å². The number of hydrogen-bond acceptors (Lipinski definition) is 6. The van der Waals surface area contributed by atoms with Crippen molar-refractivity contribution >= 4 is 29.0 Å². The summed E-state index contributed by atoms with van der Waals surface area (Å²) in [6, 6.07) is 12.4. The number of aliphatic carboxylic acids is 1. The van der Waals surface area contributed by atoms with Crippen molar-refractivity contribution in [1.82, 2.24) is 9.38 Å². The van der Waals surface area contributed by atoms with Crippen LogP contribution in [0, 0.1) is 12.7 Å². The van der Waals surface area contributed by atoms with Crippen LogP contribution in [0.4, 0.5) is 10.2 Å². The van der Waals surface area contributed by atoms with Gasteiger partial charge >= 0.3 is 5.97 Å². The zero-order valence-corrected chi connectivity index (χ0v) is 29.4. The van der Waals surface area contributed by atoms with E-state index in [1.807, 2.05) is 69.5 Å². The van der Waals surface area contributed by atoms with Crippen molar-refractivity contribution in [1.29, 1.82) is 0 Å². The minimum absolute atomic E-state index is 0.0601. The van der Waals surface area contributed by atoms with Crippen LogP contribution in [0.2, 0.25) is 5.02 Å². The molecule has 7 rings (SSSR count). The Morgan fingerprint density at radius 2 is 1.88 bits per heavy atom. The lowest BCUT2D eigenvalue weighted by atomic mass is 9.92. The molecule has 10 heteroatoms. The number of anilines is 1. The Labute approximate surface area is 286 Å². The van der Waals surface area contributed by atoms with Gasteiger partial charge < -0.3 is 24.2 Å². The molecule has 6 bridgehead atoms. The Balaban J connectivity index is 1.56. The first-order valence-corrected chi connectivity index (χ1v) is 17.2. The van der Waals surface area contributed by atoms with Gasteiger partial charge in [0.2, 0.25) is 0 Å². The normalized spacial score (nSPS) is 21.2. The minimum atomic E-state index is -1.26. The van der Waals surface area contributed by atoms with Crippen molar-refractivity contribution in [2.45, 2.75) is 97.1 Å². The second kappa shape index (κ2) is 13.3. The number of ether oxygens (including phenoxy) is 3. The van der Waals surface area contributed by atoms with Crippen LogP contribution in [0.1, 0.15) is 84.0 Å². The molecule has 4 aromatic rings. The maximum Gasteiger partial charge on any atom is 0.337 e. The number of imidazole rings is 1. The first kappa shape index (κ1) is 34.2. The fourth-order valence-electron chi connectivity index (χ4n) is 6.78. The Morgan fingerprint density at radius 1 is 1.15 bits per heavy atom. The molecular weight excluding hydrogens is 633 g/mol. The van der Waals surface area contributed by atoms with Gasteiger partial charge in [-0.3, -0.25) is 4.40 Å². The number of nitrogens with zero attached hydrogens (tertiary/aromatic N) is 3. The molecule has 0 saturated carbocycles. The molecule has 1 N–H and O–H groups in total. The number of piperidine rings is 1. The number of halogens is 2. The average molecular weight is 678 g/mol. The van der Waals surface area contributed by atoms with Gasteiger partial charge in [-0.1, -0.05) is 29.8 Å². The number of fused-ring (bicyclic) bond motifs is 8. The van der Waals surface area contributed by atoms with Crippen molar-refractivity contribution in [3.05, 3.63) is 70.6 Å². The summed E-state index contributed by atoms with van der Waals surface area (Å²) >= 11 is 7.06. The van der Waals surface area contributed by atoms with Crippen LogP contribution in [-0.4, -0.2) is 57.5 Å².